The van der Waals surface area contributed by atoms with E-state index in [1.54, 1.807) is 42.3 Å². The van der Waals surface area contributed by atoms with Crippen molar-refractivity contribution in [3.05, 3.63) is 78.1 Å². The standard InChI is InChI=1S/C21H23N3O3/c1-27-19-10-8-17(9-11-19)20(25)14-22-21(26)12-7-16-13-23-24(15-16)18-5-3-2-4-6-18/h2-6,8-11,13,15,20,25H,7,12,14H2,1H3,(H,22,26). The van der Waals surface area contributed by atoms with Crippen LogP contribution in [0, 0.1) is 0 Å². The molecule has 1 amide bonds. The van der Waals surface area contributed by atoms with Crippen molar-refractivity contribution in [2.75, 3.05) is 13.7 Å². The lowest BCUT2D eigenvalue weighted by Crippen LogP contribution is -2.28. The molecule has 1 unspecified atom stereocenters. The molecule has 0 saturated heterocycles. The van der Waals surface area contributed by atoms with Crippen LogP contribution in [0.25, 0.3) is 5.69 Å². The van der Waals surface area contributed by atoms with Crippen molar-refractivity contribution in [3.63, 3.8) is 0 Å². The molecule has 1 aromatic heterocycles. The van der Waals surface area contributed by atoms with E-state index in [1.807, 2.05) is 36.5 Å². The second-order valence-corrected chi connectivity index (χ2v) is 6.22. The monoisotopic (exact) mass is 365 g/mol. The quantitative estimate of drug-likeness (QED) is 0.643. The highest BCUT2D eigenvalue weighted by atomic mass is 16.5. The predicted molar refractivity (Wildman–Crippen MR) is 103 cm³/mol. The molecule has 3 aromatic rings. The van der Waals surface area contributed by atoms with Crippen LogP contribution in [0.2, 0.25) is 0 Å². The van der Waals surface area contributed by atoms with Crippen LogP contribution in [-0.4, -0.2) is 34.4 Å². The Morgan fingerprint density at radius 3 is 2.63 bits per heavy atom. The van der Waals surface area contributed by atoms with Crippen molar-refractivity contribution in [3.8, 4) is 11.4 Å². The number of nitrogens with one attached hydrogen (secondary N) is 1. The molecule has 6 heteroatoms. The van der Waals surface area contributed by atoms with E-state index in [4.69, 9.17) is 4.74 Å². The maximum absolute atomic E-state index is 12.1. The van der Waals surface area contributed by atoms with Crippen LogP contribution in [-0.2, 0) is 11.2 Å². The van der Waals surface area contributed by atoms with Crippen LogP contribution in [0.5, 0.6) is 5.75 Å². The van der Waals surface area contributed by atoms with Gasteiger partial charge in [0.15, 0.2) is 0 Å². The van der Waals surface area contributed by atoms with Gasteiger partial charge in [0.1, 0.15) is 5.75 Å². The number of aromatic nitrogens is 2. The molecular weight excluding hydrogens is 342 g/mol. The van der Waals surface area contributed by atoms with Gasteiger partial charge in [-0.3, -0.25) is 4.79 Å². The van der Waals surface area contributed by atoms with Gasteiger partial charge in [-0.25, -0.2) is 4.68 Å². The molecule has 2 N–H and O–H groups in total. The van der Waals surface area contributed by atoms with Gasteiger partial charge in [-0.15, -0.1) is 0 Å². The number of aliphatic hydroxyl groups is 1. The van der Waals surface area contributed by atoms with Crippen LogP contribution < -0.4 is 10.1 Å². The van der Waals surface area contributed by atoms with E-state index in [0.29, 0.717) is 12.8 Å². The average molecular weight is 365 g/mol. The number of methoxy groups -OCH3 is 1. The lowest BCUT2D eigenvalue weighted by molar-refractivity contribution is -0.121. The topological polar surface area (TPSA) is 76.4 Å². The van der Waals surface area contributed by atoms with Crippen molar-refractivity contribution in [2.24, 2.45) is 0 Å². The molecule has 0 fully saturated rings. The maximum Gasteiger partial charge on any atom is 0.220 e. The summed E-state index contributed by atoms with van der Waals surface area (Å²) >= 11 is 0. The summed E-state index contributed by atoms with van der Waals surface area (Å²) in [6.07, 6.45) is 3.88. The Kier molecular flexibility index (Phi) is 6.22. The zero-order valence-corrected chi connectivity index (χ0v) is 15.2. The van der Waals surface area contributed by atoms with E-state index in [2.05, 4.69) is 10.4 Å². The Labute approximate surface area is 158 Å². The second-order valence-electron chi connectivity index (χ2n) is 6.22. The average Bonchev–Trinajstić information content (AvgIpc) is 3.20. The van der Waals surface area contributed by atoms with Crippen molar-refractivity contribution in [1.82, 2.24) is 15.1 Å². The van der Waals surface area contributed by atoms with E-state index in [9.17, 15) is 9.90 Å². The first kappa shape index (κ1) is 18.7. The summed E-state index contributed by atoms with van der Waals surface area (Å²) in [4.78, 5) is 12.1. The minimum Gasteiger partial charge on any atom is -0.497 e. The fourth-order valence-electron chi connectivity index (χ4n) is 2.71. The summed E-state index contributed by atoms with van der Waals surface area (Å²) in [6, 6.07) is 17.0. The number of aliphatic hydroxyl groups excluding tert-OH is 1. The van der Waals surface area contributed by atoms with Crippen molar-refractivity contribution in [1.29, 1.82) is 0 Å². The highest BCUT2D eigenvalue weighted by Gasteiger charge is 2.10. The molecule has 1 atom stereocenters. The Hall–Kier alpha value is -3.12. The van der Waals surface area contributed by atoms with E-state index < -0.39 is 6.10 Å². The molecule has 2 aromatic carbocycles. The first-order valence-electron chi connectivity index (χ1n) is 8.83. The van der Waals surface area contributed by atoms with E-state index >= 15 is 0 Å². The Morgan fingerprint density at radius 1 is 1.19 bits per heavy atom. The minimum absolute atomic E-state index is 0.102. The lowest BCUT2D eigenvalue weighted by Gasteiger charge is -2.12. The third kappa shape index (κ3) is 5.18. The van der Waals surface area contributed by atoms with Gasteiger partial charge in [0.05, 0.1) is 25.1 Å². The van der Waals surface area contributed by atoms with Gasteiger partial charge in [0.2, 0.25) is 5.91 Å². The molecule has 0 bridgehead atoms. The van der Waals surface area contributed by atoms with Crippen LogP contribution in [0.1, 0.15) is 23.7 Å². The van der Waals surface area contributed by atoms with Gasteiger partial charge in [-0.1, -0.05) is 30.3 Å². The minimum atomic E-state index is -0.749. The van der Waals surface area contributed by atoms with Crippen molar-refractivity contribution in [2.45, 2.75) is 18.9 Å². The van der Waals surface area contributed by atoms with Crippen molar-refractivity contribution >= 4 is 5.91 Å². The third-order valence-electron chi connectivity index (χ3n) is 4.29. The summed E-state index contributed by atoms with van der Waals surface area (Å²) in [7, 11) is 1.59. The molecule has 0 aliphatic rings. The smallest absolute Gasteiger partial charge is 0.220 e. The van der Waals surface area contributed by atoms with Gasteiger partial charge in [0, 0.05) is 19.2 Å². The molecule has 0 spiro atoms. The fraction of sp³-hybridized carbons (Fsp3) is 0.238. The number of hydrogen-bond donors (Lipinski definition) is 2. The van der Waals surface area contributed by atoms with E-state index in [0.717, 1.165) is 22.6 Å². The second kappa shape index (κ2) is 9.00. The first-order chi connectivity index (χ1) is 13.2. The molecule has 27 heavy (non-hydrogen) atoms. The third-order valence-corrected chi connectivity index (χ3v) is 4.29. The Morgan fingerprint density at radius 2 is 1.93 bits per heavy atom. The molecule has 0 saturated carbocycles. The van der Waals surface area contributed by atoms with Gasteiger partial charge in [-0.2, -0.15) is 5.10 Å². The molecule has 0 aliphatic heterocycles. The number of carbonyl (C=O) groups excluding carboxylic acids is 1. The van der Waals surface area contributed by atoms with E-state index in [1.165, 1.54) is 0 Å². The summed E-state index contributed by atoms with van der Waals surface area (Å²) < 4.78 is 6.89. The molecule has 0 radical (unpaired) electrons. The zero-order chi connectivity index (χ0) is 19.1. The number of hydrogen-bond acceptors (Lipinski definition) is 4. The summed E-state index contributed by atoms with van der Waals surface area (Å²) in [5.74, 6) is 0.626. The van der Waals surface area contributed by atoms with Gasteiger partial charge < -0.3 is 15.2 Å². The zero-order valence-electron chi connectivity index (χ0n) is 15.2. The van der Waals surface area contributed by atoms with Crippen LogP contribution in [0.3, 0.4) is 0 Å². The Balaban J connectivity index is 1.45. The van der Waals surface area contributed by atoms with Gasteiger partial charge in [-0.05, 0) is 41.8 Å². The first-order valence-corrected chi connectivity index (χ1v) is 8.83. The SMILES string of the molecule is COc1ccc(C(O)CNC(=O)CCc2cnn(-c3ccccc3)c2)cc1. The number of benzene rings is 2. The number of carbonyl (C=O) groups is 1. The van der Waals surface area contributed by atoms with Crippen LogP contribution in [0.15, 0.2) is 67.0 Å². The largest absolute Gasteiger partial charge is 0.497 e. The molecule has 3 rings (SSSR count). The normalized spacial score (nSPS) is 11.8. The number of para-hydroxylation sites is 1. The van der Waals surface area contributed by atoms with Crippen LogP contribution >= 0.6 is 0 Å². The summed E-state index contributed by atoms with van der Waals surface area (Å²) in [6.45, 7) is 0.175. The van der Waals surface area contributed by atoms with Crippen LogP contribution in [0.4, 0.5) is 0 Å². The summed E-state index contributed by atoms with van der Waals surface area (Å²) in [5, 5.41) is 17.3. The number of ether oxygens (including phenoxy) is 1. The molecule has 0 aliphatic carbocycles. The molecule has 1 heterocycles. The lowest BCUT2D eigenvalue weighted by atomic mass is 10.1. The van der Waals surface area contributed by atoms with Gasteiger partial charge in [0.25, 0.3) is 0 Å². The highest BCUT2D eigenvalue weighted by molar-refractivity contribution is 5.76. The molecular formula is C21H23N3O3. The predicted octanol–water partition coefficient (Wildman–Crippen LogP) is 2.66. The number of aryl methyl sites for hydroxylation is 1. The van der Waals surface area contributed by atoms with E-state index in [-0.39, 0.29) is 12.5 Å². The van der Waals surface area contributed by atoms with Gasteiger partial charge >= 0.3 is 0 Å². The number of nitrogens with zero attached hydrogens (tertiary/aromatic N) is 2. The maximum atomic E-state index is 12.1. The number of amides is 1. The number of rotatable bonds is 8. The highest BCUT2D eigenvalue weighted by Crippen LogP contribution is 2.17. The molecule has 6 nitrogen and oxygen atoms in total. The molecule has 140 valence electrons. The fourth-order valence-corrected chi connectivity index (χ4v) is 2.71. The van der Waals surface area contributed by atoms with Crippen molar-refractivity contribution < 1.29 is 14.6 Å². The Bertz CT molecular complexity index is 860. The summed E-state index contributed by atoms with van der Waals surface area (Å²) in [5.41, 5.74) is 2.71.